The molecule has 1 fully saturated rings. The Labute approximate surface area is 113 Å². The second-order valence-electron chi connectivity index (χ2n) is 6.07. The zero-order valence-electron chi connectivity index (χ0n) is 11.2. The molecule has 2 rings (SSSR count). The summed E-state index contributed by atoms with van der Waals surface area (Å²) < 4.78 is 13.2. The van der Waals surface area contributed by atoms with Crippen molar-refractivity contribution in [2.24, 2.45) is 16.6 Å². The lowest BCUT2D eigenvalue weighted by molar-refractivity contribution is 0.457. The van der Waals surface area contributed by atoms with Gasteiger partial charge in [0, 0.05) is 17.3 Å². The van der Waals surface area contributed by atoms with Gasteiger partial charge in [0.15, 0.2) is 0 Å². The fourth-order valence-corrected chi connectivity index (χ4v) is 2.73. The molecule has 1 aromatic rings. The minimum Gasteiger partial charge on any atom is -0.389 e. The van der Waals surface area contributed by atoms with Gasteiger partial charge in [0.25, 0.3) is 0 Å². The van der Waals surface area contributed by atoms with Crippen molar-refractivity contribution >= 4 is 22.9 Å². The maximum atomic E-state index is 13.2. The second-order valence-corrected chi connectivity index (χ2v) is 6.51. The third kappa shape index (κ3) is 1.88. The highest BCUT2D eigenvalue weighted by molar-refractivity contribution is 7.80. The van der Waals surface area contributed by atoms with E-state index >= 15 is 0 Å². The van der Waals surface area contributed by atoms with Crippen LogP contribution in [-0.4, -0.2) is 11.0 Å². The predicted molar refractivity (Wildman–Crippen MR) is 77.3 cm³/mol. The van der Waals surface area contributed by atoms with E-state index < -0.39 is 0 Å². The predicted octanol–water partition coefficient (Wildman–Crippen LogP) is 3.31. The third-order valence-corrected chi connectivity index (χ3v) is 4.79. The molecule has 1 aliphatic rings. The lowest BCUT2D eigenvalue weighted by Crippen LogP contribution is -2.17. The summed E-state index contributed by atoms with van der Waals surface area (Å²) in [6.07, 6.45) is 0. The van der Waals surface area contributed by atoms with Gasteiger partial charge in [-0.05, 0) is 29.0 Å². The first kappa shape index (κ1) is 13.3. The first-order valence-electron chi connectivity index (χ1n) is 6.04. The summed E-state index contributed by atoms with van der Waals surface area (Å²) in [5.41, 5.74) is 7.43. The molecule has 3 N–H and O–H groups in total. The van der Waals surface area contributed by atoms with Crippen molar-refractivity contribution in [2.75, 3.05) is 5.32 Å². The summed E-state index contributed by atoms with van der Waals surface area (Å²) in [4.78, 5) is 0.216. The molecule has 0 saturated heterocycles. The monoisotopic (exact) mass is 266 g/mol. The number of anilines is 1. The van der Waals surface area contributed by atoms with Crippen LogP contribution >= 0.6 is 12.2 Å². The van der Waals surface area contributed by atoms with Gasteiger partial charge in [-0.2, -0.15) is 0 Å². The molecule has 0 radical (unpaired) electrons. The Morgan fingerprint density at radius 2 is 1.83 bits per heavy atom. The Morgan fingerprint density at radius 3 is 2.28 bits per heavy atom. The highest BCUT2D eigenvalue weighted by Gasteiger charge is 2.65. The normalized spacial score (nSPS) is 20.5. The first-order chi connectivity index (χ1) is 8.18. The zero-order valence-corrected chi connectivity index (χ0v) is 12.0. The van der Waals surface area contributed by atoms with Crippen molar-refractivity contribution in [2.45, 2.75) is 33.7 Å². The number of thiocarbonyl (C=S) groups is 1. The minimum absolute atomic E-state index is 0.203. The van der Waals surface area contributed by atoms with Crippen LogP contribution in [0.5, 0.6) is 0 Å². The van der Waals surface area contributed by atoms with Gasteiger partial charge in [0.05, 0.1) is 0 Å². The van der Waals surface area contributed by atoms with Gasteiger partial charge in [0.1, 0.15) is 10.8 Å². The SMILES string of the molecule is CC1(C)C(Nc2ccc(F)cc2C(N)=S)C1(C)C. The van der Waals surface area contributed by atoms with Crippen LogP contribution in [0, 0.1) is 16.6 Å². The number of nitrogens with two attached hydrogens (primary N) is 1. The summed E-state index contributed by atoms with van der Waals surface area (Å²) in [7, 11) is 0. The van der Waals surface area contributed by atoms with E-state index in [0.29, 0.717) is 11.6 Å². The molecule has 1 saturated carbocycles. The molecule has 0 aliphatic heterocycles. The van der Waals surface area contributed by atoms with Gasteiger partial charge in [-0.15, -0.1) is 0 Å². The highest BCUT2D eigenvalue weighted by Crippen LogP contribution is 2.63. The van der Waals surface area contributed by atoms with Crippen LogP contribution < -0.4 is 11.1 Å². The van der Waals surface area contributed by atoms with Crippen LogP contribution in [0.4, 0.5) is 10.1 Å². The van der Waals surface area contributed by atoms with Crippen molar-refractivity contribution in [1.29, 1.82) is 0 Å². The summed E-state index contributed by atoms with van der Waals surface area (Å²) in [6, 6.07) is 4.84. The topological polar surface area (TPSA) is 38.0 Å². The molecule has 0 unspecified atom stereocenters. The van der Waals surface area contributed by atoms with Gasteiger partial charge in [-0.3, -0.25) is 0 Å². The number of rotatable bonds is 3. The molecule has 4 heteroatoms. The zero-order chi connectivity index (χ0) is 13.7. The van der Waals surface area contributed by atoms with Crippen LogP contribution in [0.1, 0.15) is 33.3 Å². The Balaban J connectivity index is 2.29. The molecular formula is C14H19FN2S. The van der Waals surface area contributed by atoms with E-state index in [-0.39, 0.29) is 21.6 Å². The van der Waals surface area contributed by atoms with Crippen LogP contribution in [0.2, 0.25) is 0 Å². The van der Waals surface area contributed by atoms with Crippen LogP contribution in [0.15, 0.2) is 18.2 Å². The third-order valence-electron chi connectivity index (χ3n) is 4.57. The molecule has 2 nitrogen and oxygen atoms in total. The summed E-state index contributed by atoms with van der Waals surface area (Å²) in [5, 5.41) is 3.44. The molecule has 1 aromatic carbocycles. The molecule has 1 aliphatic carbocycles. The average Bonchev–Trinajstić information content (AvgIpc) is 2.62. The van der Waals surface area contributed by atoms with Crippen LogP contribution in [0.25, 0.3) is 0 Å². The van der Waals surface area contributed by atoms with Gasteiger partial charge < -0.3 is 11.1 Å². The number of hydrogen-bond donors (Lipinski definition) is 2. The van der Waals surface area contributed by atoms with E-state index in [1.807, 2.05) is 0 Å². The van der Waals surface area contributed by atoms with Gasteiger partial charge in [-0.25, -0.2) is 4.39 Å². The lowest BCUT2D eigenvalue weighted by atomic mass is 10.0. The number of halogens is 1. The van der Waals surface area contributed by atoms with Gasteiger partial charge >= 0.3 is 0 Å². The van der Waals surface area contributed by atoms with Crippen LogP contribution in [0.3, 0.4) is 0 Å². The summed E-state index contributed by atoms with van der Waals surface area (Å²) in [6.45, 7) is 8.87. The molecule has 0 atom stereocenters. The van der Waals surface area contributed by atoms with E-state index in [2.05, 4.69) is 33.0 Å². The first-order valence-corrected chi connectivity index (χ1v) is 6.44. The molecule has 0 heterocycles. The quantitative estimate of drug-likeness (QED) is 0.824. The lowest BCUT2D eigenvalue weighted by Gasteiger charge is -2.13. The van der Waals surface area contributed by atoms with Crippen molar-refractivity contribution in [3.63, 3.8) is 0 Å². The number of benzene rings is 1. The maximum Gasteiger partial charge on any atom is 0.124 e. The maximum absolute atomic E-state index is 13.2. The van der Waals surface area contributed by atoms with E-state index in [9.17, 15) is 4.39 Å². The fraction of sp³-hybridized carbons (Fsp3) is 0.500. The van der Waals surface area contributed by atoms with E-state index in [1.165, 1.54) is 12.1 Å². The van der Waals surface area contributed by atoms with E-state index in [0.717, 1.165) is 5.69 Å². The smallest absolute Gasteiger partial charge is 0.124 e. The number of hydrogen-bond acceptors (Lipinski definition) is 2. The summed E-state index contributed by atoms with van der Waals surface area (Å²) >= 11 is 4.97. The van der Waals surface area contributed by atoms with E-state index in [1.54, 1.807) is 6.07 Å². The Bertz CT molecular complexity index is 495. The number of nitrogens with one attached hydrogen (secondary N) is 1. The van der Waals surface area contributed by atoms with E-state index in [4.69, 9.17) is 18.0 Å². The Morgan fingerprint density at radius 1 is 1.28 bits per heavy atom. The largest absolute Gasteiger partial charge is 0.389 e. The molecule has 0 aromatic heterocycles. The van der Waals surface area contributed by atoms with Crippen LogP contribution in [-0.2, 0) is 0 Å². The van der Waals surface area contributed by atoms with Gasteiger partial charge in [-0.1, -0.05) is 39.9 Å². The van der Waals surface area contributed by atoms with Crippen molar-refractivity contribution in [3.8, 4) is 0 Å². The molecule has 18 heavy (non-hydrogen) atoms. The summed E-state index contributed by atoms with van der Waals surface area (Å²) in [5.74, 6) is -0.322. The molecule has 0 spiro atoms. The highest BCUT2D eigenvalue weighted by atomic mass is 32.1. The molecule has 0 amide bonds. The minimum atomic E-state index is -0.322. The fourth-order valence-electron chi connectivity index (χ4n) is 2.56. The molecule has 0 bridgehead atoms. The van der Waals surface area contributed by atoms with Crippen molar-refractivity contribution < 1.29 is 4.39 Å². The Hall–Kier alpha value is -1.16. The Kier molecular flexibility index (Phi) is 2.89. The average molecular weight is 266 g/mol. The van der Waals surface area contributed by atoms with Crippen molar-refractivity contribution in [1.82, 2.24) is 0 Å². The standard InChI is InChI=1S/C14H19FN2S/c1-13(2)12(14(13,3)4)17-10-6-5-8(15)7-9(10)11(16)18/h5-7,12,17H,1-4H3,(H2,16,18). The van der Waals surface area contributed by atoms with Crippen molar-refractivity contribution in [3.05, 3.63) is 29.6 Å². The second kappa shape index (κ2) is 3.92. The molecular weight excluding hydrogens is 247 g/mol. The molecule has 98 valence electrons. The van der Waals surface area contributed by atoms with Gasteiger partial charge in [0.2, 0.25) is 0 Å².